The number of carboxylic acids is 1. The first-order valence-electron chi connectivity index (χ1n) is 8.52. The Morgan fingerprint density at radius 3 is 2.54 bits per heavy atom. The van der Waals surface area contributed by atoms with Crippen molar-refractivity contribution < 1.29 is 19.5 Å². The quantitative estimate of drug-likeness (QED) is 0.386. The maximum Gasteiger partial charge on any atom is 0.339 e. The van der Waals surface area contributed by atoms with Crippen molar-refractivity contribution in [2.24, 2.45) is 11.7 Å². The first-order valence-corrected chi connectivity index (χ1v) is 8.52. The highest BCUT2D eigenvalue weighted by Gasteiger charge is 2.15. The van der Waals surface area contributed by atoms with Crippen LogP contribution in [0.5, 0.6) is 0 Å². The maximum absolute atomic E-state index is 11.9. The molecule has 2 amide bonds. The Bertz CT molecular complexity index is 648. The first-order chi connectivity index (χ1) is 12.2. The lowest BCUT2D eigenvalue weighted by atomic mass is 10.0. The predicted octanol–water partition coefficient (Wildman–Crippen LogP) is 0.960. The zero-order chi connectivity index (χ0) is 19.7. The van der Waals surface area contributed by atoms with E-state index >= 15 is 0 Å². The van der Waals surface area contributed by atoms with E-state index < -0.39 is 12.0 Å². The number of anilines is 2. The fraction of sp³-hybridized carbons (Fsp3) is 0.529. The lowest BCUT2D eigenvalue weighted by Gasteiger charge is -2.14. The molecule has 1 rings (SSSR count). The molecule has 1 heterocycles. The minimum Gasteiger partial charge on any atom is -0.478 e. The second-order valence-electron chi connectivity index (χ2n) is 6.49. The Kier molecular flexibility index (Phi) is 8.50. The molecule has 0 aliphatic carbocycles. The summed E-state index contributed by atoms with van der Waals surface area (Å²) in [5, 5.41) is 14.3. The van der Waals surface area contributed by atoms with Crippen molar-refractivity contribution in [3.8, 4) is 0 Å². The summed E-state index contributed by atoms with van der Waals surface area (Å²) in [4.78, 5) is 38.4. The Morgan fingerprint density at radius 1 is 1.23 bits per heavy atom. The third-order valence-electron chi connectivity index (χ3n) is 3.68. The van der Waals surface area contributed by atoms with Crippen LogP contribution in [0.4, 0.5) is 11.4 Å². The van der Waals surface area contributed by atoms with Gasteiger partial charge in [-0.2, -0.15) is 0 Å². The molecular weight excluding hydrogens is 338 g/mol. The van der Waals surface area contributed by atoms with Gasteiger partial charge in [-0.05, 0) is 25.2 Å². The number of nitrogens with one attached hydrogen (secondary N) is 2. The summed E-state index contributed by atoms with van der Waals surface area (Å²) in [5.41, 5.74) is 11.5. The monoisotopic (exact) mass is 365 g/mol. The average molecular weight is 365 g/mol. The second-order valence-corrected chi connectivity index (χ2v) is 6.49. The van der Waals surface area contributed by atoms with Crippen LogP contribution in [0.3, 0.4) is 0 Å². The minimum atomic E-state index is -1.21. The minimum absolute atomic E-state index is 0.0350. The largest absolute Gasteiger partial charge is 0.478 e. The van der Waals surface area contributed by atoms with Gasteiger partial charge in [0.2, 0.25) is 11.8 Å². The van der Waals surface area contributed by atoms with Gasteiger partial charge in [0.15, 0.2) is 0 Å². The van der Waals surface area contributed by atoms with E-state index in [4.69, 9.17) is 16.6 Å². The SMILES string of the molecule is CC(C)C[C@H](N)C(=O)NCCCCC(=O)Nc1cncc(C(=O)O)c1N. The molecule has 1 atom stereocenters. The van der Waals surface area contributed by atoms with Gasteiger partial charge in [-0.15, -0.1) is 0 Å². The van der Waals surface area contributed by atoms with E-state index in [0.717, 1.165) is 6.20 Å². The van der Waals surface area contributed by atoms with Crippen molar-refractivity contribution in [1.82, 2.24) is 10.3 Å². The van der Waals surface area contributed by atoms with E-state index in [0.29, 0.717) is 31.7 Å². The van der Waals surface area contributed by atoms with Crippen molar-refractivity contribution in [2.45, 2.75) is 45.6 Å². The van der Waals surface area contributed by atoms with Crippen LogP contribution in [0.2, 0.25) is 0 Å². The standard InChI is InChI=1S/C17H27N5O4/c1-10(2)7-12(18)16(24)21-6-4-3-5-14(23)22-13-9-20-8-11(15(13)19)17(25)26/h8-10,12H,3-7,18H2,1-2H3,(H2,19,20)(H,21,24)(H,22,23)(H,25,26)/t12-/m0/s1. The summed E-state index contributed by atoms with van der Waals surface area (Å²) in [6.07, 6.45) is 4.44. The molecular formula is C17H27N5O4. The van der Waals surface area contributed by atoms with Crippen LogP contribution in [0.25, 0.3) is 0 Å². The molecule has 0 unspecified atom stereocenters. The number of unbranched alkanes of at least 4 members (excludes halogenated alkanes) is 1. The summed E-state index contributed by atoms with van der Waals surface area (Å²) in [7, 11) is 0. The van der Waals surface area contributed by atoms with Crippen molar-refractivity contribution in [1.29, 1.82) is 0 Å². The third-order valence-corrected chi connectivity index (χ3v) is 3.68. The molecule has 0 aromatic carbocycles. The van der Waals surface area contributed by atoms with Crippen molar-refractivity contribution >= 4 is 29.2 Å². The highest BCUT2D eigenvalue weighted by molar-refractivity contribution is 6.00. The maximum atomic E-state index is 11.9. The van der Waals surface area contributed by atoms with E-state index in [1.807, 2.05) is 13.8 Å². The van der Waals surface area contributed by atoms with Gasteiger partial charge in [-0.3, -0.25) is 14.6 Å². The molecule has 0 aliphatic rings. The predicted molar refractivity (Wildman–Crippen MR) is 98.5 cm³/mol. The van der Waals surface area contributed by atoms with Gasteiger partial charge >= 0.3 is 5.97 Å². The van der Waals surface area contributed by atoms with E-state index in [1.54, 1.807) is 0 Å². The fourth-order valence-corrected chi connectivity index (χ4v) is 2.32. The number of hydrogen-bond donors (Lipinski definition) is 5. The van der Waals surface area contributed by atoms with Crippen LogP contribution in [0.1, 0.15) is 49.9 Å². The lowest BCUT2D eigenvalue weighted by Crippen LogP contribution is -2.41. The van der Waals surface area contributed by atoms with Crippen LogP contribution in [0.15, 0.2) is 12.4 Å². The topological polar surface area (TPSA) is 160 Å². The van der Waals surface area contributed by atoms with Gasteiger partial charge in [0.1, 0.15) is 5.56 Å². The Hall–Kier alpha value is -2.68. The first kappa shape index (κ1) is 21.4. The van der Waals surface area contributed by atoms with Gasteiger partial charge in [0.05, 0.1) is 23.6 Å². The average Bonchev–Trinajstić information content (AvgIpc) is 2.55. The van der Waals surface area contributed by atoms with Crippen LogP contribution in [-0.2, 0) is 9.59 Å². The molecule has 0 bridgehead atoms. The van der Waals surface area contributed by atoms with Crippen molar-refractivity contribution in [3.05, 3.63) is 18.0 Å². The second kappa shape index (κ2) is 10.3. The molecule has 9 heteroatoms. The van der Waals surface area contributed by atoms with Gasteiger partial charge in [0.25, 0.3) is 0 Å². The number of amides is 2. The van der Waals surface area contributed by atoms with E-state index in [2.05, 4.69) is 15.6 Å². The number of aromatic nitrogens is 1. The lowest BCUT2D eigenvalue weighted by molar-refractivity contribution is -0.122. The highest BCUT2D eigenvalue weighted by atomic mass is 16.4. The fourth-order valence-electron chi connectivity index (χ4n) is 2.32. The van der Waals surface area contributed by atoms with E-state index in [9.17, 15) is 14.4 Å². The smallest absolute Gasteiger partial charge is 0.339 e. The summed E-state index contributed by atoms with van der Waals surface area (Å²) >= 11 is 0. The number of pyridine rings is 1. The zero-order valence-corrected chi connectivity index (χ0v) is 15.1. The number of carbonyl (C=O) groups is 3. The molecule has 9 nitrogen and oxygen atoms in total. The van der Waals surface area contributed by atoms with Gasteiger partial charge in [0, 0.05) is 19.2 Å². The Balaban J connectivity index is 2.33. The normalized spacial score (nSPS) is 11.8. The molecule has 26 heavy (non-hydrogen) atoms. The van der Waals surface area contributed by atoms with Crippen molar-refractivity contribution in [2.75, 3.05) is 17.6 Å². The van der Waals surface area contributed by atoms with Gasteiger partial charge in [-0.1, -0.05) is 13.8 Å². The number of carboxylic acid groups (broad SMARTS) is 1. The molecule has 0 radical (unpaired) electrons. The number of hydrogen-bond acceptors (Lipinski definition) is 6. The summed E-state index contributed by atoms with van der Waals surface area (Å²) < 4.78 is 0. The van der Waals surface area contributed by atoms with Crippen LogP contribution >= 0.6 is 0 Å². The number of aromatic carboxylic acids is 1. The molecule has 0 spiro atoms. The van der Waals surface area contributed by atoms with Gasteiger partial charge in [-0.25, -0.2) is 4.79 Å². The number of rotatable bonds is 10. The zero-order valence-electron chi connectivity index (χ0n) is 15.1. The highest BCUT2D eigenvalue weighted by Crippen LogP contribution is 2.21. The summed E-state index contributed by atoms with van der Waals surface area (Å²) in [6, 6.07) is -0.518. The third kappa shape index (κ3) is 7.06. The molecule has 1 aromatic heterocycles. The van der Waals surface area contributed by atoms with Gasteiger partial charge < -0.3 is 27.2 Å². The summed E-state index contributed by atoms with van der Waals surface area (Å²) in [5.74, 6) is -1.35. The van der Waals surface area contributed by atoms with Crippen LogP contribution in [0, 0.1) is 5.92 Å². The Morgan fingerprint density at radius 2 is 1.92 bits per heavy atom. The van der Waals surface area contributed by atoms with Crippen LogP contribution < -0.4 is 22.1 Å². The molecule has 0 aliphatic heterocycles. The Labute approximate surface area is 152 Å². The number of nitrogens with zero attached hydrogens (tertiary/aromatic N) is 1. The summed E-state index contributed by atoms with van der Waals surface area (Å²) in [6.45, 7) is 4.44. The molecule has 144 valence electrons. The molecule has 0 saturated heterocycles. The molecule has 1 aromatic rings. The number of nitrogens with two attached hydrogens (primary N) is 2. The van der Waals surface area contributed by atoms with Crippen LogP contribution in [-0.4, -0.2) is 40.5 Å². The molecule has 0 saturated carbocycles. The van der Waals surface area contributed by atoms with Crippen molar-refractivity contribution in [3.63, 3.8) is 0 Å². The van der Waals surface area contributed by atoms with E-state index in [-0.39, 0.29) is 35.2 Å². The number of carbonyl (C=O) groups excluding carboxylic acids is 2. The van der Waals surface area contributed by atoms with E-state index in [1.165, 1.54) is 6.20 Å². The molecule has 7 N–H and O–H groups in total. The molecule has 0 fully saturated rings. The number of nitrogen functional groups attached to an aromatic ring is 1.